The van der Waals surface area contributed by atoms with Crippen molar-refractivity contribution >= 4 is 5.91 Å². The average Bonchev–Trinajstić information content (AvgIpc) is 3.10. The van der Waals surface area contributed by atoms with Gasteiger partial charge in [0.05, 0.1) is 0 Å². The molecule has 3 heteroatoms. The molecule has 0 spiro atoms. The van der Waals surface area contributed by atoms with Gasteiger partial charge in [0.1, 0.15) is 0 Å². The zero-order valence-corrected chi connectivity index (χ0v) is 15.0. The molecular weight excluding hydrogens is 284 g/mol. The van der Waals surface area contributed by atoms with Crippen LogP contribution < -0.4 is 0 Å². The minimum Gasteiger partial charge on any atom is -0.343 e. The van der Waals surface area contributed by atoms with Gasteiger partial charge in [-0.2, -0.15) is 0 Å². The number of piperidine rings is 1. The zero-order valence-electron chi connectivity index (χ0n) is 15.0. The highest BCUT2D eigenvalue weighted by Crippen LogP contribution is 2.64. The van der Waals surface area contributed by atoms with E-state index in [0.717, 1.165) is 32.5 Å². The van der Waals surface area contributed by atoms with Gasteiger partial charge >= 0.3 is 0 Å². The lowest BCUT2D eigenvalue weighted by atomic mass is 9.86. The van der Waals surface area contributed by atoms with Crippen LogP contribution in [0.25, 0.3) is 0 Å². The molecule has 1 aromatic rings. The second kappa shape index (κ2) is 5.94. The summed E-state index contributed by atoms with van der Waals surface area (Å²) < 4.78 is 0. The fraction of sp³-hybridized carbons (Fsp3) is 0.650. The summed E-state index contributed by atoms with van der Waals surface area (Å²) in [5.74, 6) is 0.218. The lowest BCUT2D eigenvalue weighted by molar-refractivity contribution is -0.130. The molecule has 1 saturated heterocycles. The molecule has 1 aliphatic carbocycles. The topological polar surface area (TPSA) is 23.6 Å². The summed E-state index contributed by atoms with van der Waals surface area (Å²) in [7, 11) is 2.27. The predicted molar refractivity (Wildman–Crippen MR) is 94.4 cm³/mol. The maximum Gasteiger partial charge on any atom is 0.219 e. The molecule has 0 N–H and O–H groups in total. The highest BCUT2D eigenvalue weighted by molar-refractivity contribution is 5.73. The van der Waals surface area contributed by atoms with Gasteiger partial charge in [0.2, 0.25) is 5.91 Å². The van der Waals surface area contributed by atoms with E-state index in [4.69, 9.17) is 0 Å². The maximum absolute atomic E-state index is 11.5. The molecule has 126 valence electrons. The first-order valence-corrected chi connectivity index (χ1v) is 8.87. The van der Waals surface area contributed by atoms with Crippen LogP contribution in [-0.2, 0) is 10.2 Å². The monoisotopic (exact) mass is 314 g/mol. The number of hydrogen-bond acceptors (Lipinski definition) is 2. The Kier molecular flexibility index (Phi) is 4.26. The Morgan fingerprint density at radius 1 is 1.22 bits per heavy atom. The van der Waals surface area contributed by atoms with Gasteiger partial charge in [-0.15, -0.1) is 0 Å². The van der Waals surface area contributed by atoms with Gasteiger partial charge < -0.3 is 9.80 Å². The number of amides is 1. The summed E-state index contributed by atoms with van der Waals surface area (Å²) in [6.45, 7) is 9.41. The predicted octanol–water partition coefficient (Wildman–Crippen LogP) is 3.30. The van der Waals surface area contributed by atoms with Crippen LogP contribution in [0.4, 0.5) is 0 Å². The number of rotatable bonds is 4. The minimum absolute atomic E-state index is 0.218. The Hall–Kier alpha value is -1.35. The van der Waals surface area contributed by atoms with Crippen molar-refractivity contribution < 1.29 is 4.79 Å². The van der Waals surface area contributed by atoms with Gasteiger partial charge in [-0.1, -0.05) is 44.2 Å². The van der Waals surface area contributed by atoms with Crippen LogP contribution >= 0.6 is 0 Å². The summed E-state index contributed by atoms with van der Waals surface area (Å²) >= 11 is 0. The summed E-state index contributed by atoms with van der Waals surface area (Å²) in [6.07, 6.45) is 3.46. The van der Waals surface area contributed by atoms with Gasteiger partial charge in [-0.05, 0) is 37.3 Å². The van der Waals surface area contributed by atoms with E-state index in [1.807, 2.05) is 4.90 Å². The molecule has 1 aromatic carbocycles. The number of likely N-dealkylation sites (tertiary alicyclic amines) is 1. The number of carbonyl (C=O) groups excluding carboxylic acids is 1. The summed E-state index contributed by atoms with van der Waals surface area (Å²) in [4.78, 5) is 16.0. The second-order valence-electron chi connectivity index (χ2n) is 8.16. The van der Waals surface area contributed by atoms with Crippen molar-refractivity contribution in [3.8, 4) is 0 Å². The molecule has 0 radical (unpaired) electrons. The van der Waals surface area contributed by atoms with E-state index in [2.05, 4.69) is 56.1 Å². The molecule has 0 aromatic heterocycles. The third kappa shape index (κ3) is 3.03. The molecule has 1 saturated carbocycles. The largest absolute Gasteiger partial charge is 0.343 e. The quantitative estimate of drug-likeness (QED) is 0.851. The van der Waals surface area contributed by atoms with Gasteiger partial charge in [-0.25, -0.2) is 0 Å². The van der Waals surface area contributed by atoms with Gasteiger partial charge in [-0.3, -0.25) is 4.79 Å². The first-order chi connectivity index (χ1) is 10.9. The van der Waals surface area contributed by atoms with Crippen molar-refractivity contribution in [2.75, 3.05) is 26.7 Å². The standard InChI is InChI=1S/C20H30N2O/c1-16(23)22-12-10-18(11-13-22)21(4)15-20(14-19(20,2)3)17-8-6-5-7-9-17/h5-9,18H,10-15H2,1-4H3/t20-/m1/s1. The molecule has 2 fully saturated rings. The first-order valence-electron chi connectivity index (χ1n) is 8.87. The number of hydrogen-bond donors (Lipinski definition) is 0. The number of nitrogens with zero attached hydrogens (tertiary/aromatic N) is 2. The van der Waals surface area contributed by atoms with Gasteiger partial charge in [0.15, 0.2) is 0 Å². The van der Waals surface area contributed by atoms with Crippen LogP contribution in [-0.4, -0.2) is 48.4 Å². The molecule has 3 nitrogen and oxygen atoms in total. The lowest BCUT2D eigenvalue weighted by Crippen LogP contribution is -2.47. The highest BCUT2D eigenvalue weighted by Gasteiger charge is 2.62. The molecule has 1 amide bonds. The molecule has 2 aliphatic rings. The van der Waals surface area contributed by atoms with E-state index < -0.39 is 0 Å². The van der Waals surface area contributed by atoms with Gasteiger partial charge in [0.25, 0.3) is 0 Å². The van der Waals surface area contributed by atoms with E-state index in [-0.39, 0.29) is 5.91 Å². The average molecular weight is 314 g/mol. The molecule has 23 heavy (non-hydrogen) atoms. The fourth-order valence-corrected chi connectivity index (χ4v) is 4.50. The Labute approximate surface area is 140 Å². The number of carbonyl (C=O) groups is 1. The molecule has 0 unspecified atom stereocenters. The summed E-state index contributed by atoms with van der Waals surface area (Å²) in [5.41, 5.74) is 2.15. The van der Waals surface area contributed by atoms with Crippen LogP contribution in [0.15, 0.2) is 30.3 Å². The van der Waals surface area contributed by atoms with E-state index in [9.17, 15) is 4.79 Å². The van der Waals surface area contributed by atoms with Crippen molar-refractivity contribution in [2.45, 2.75) is 51.5 Å². The van der Waals surface area contributed by atoms with Crippen molar-refractivity contribution in [1.29, 1.82) is 0 Å². The van der Waals surface area contributed by atoms with Crippen LogP contribution in [0.2, 0.25) is 0 Å². The van der Waals surface area contributed by atoms with E-state index in [1.165, 1.54) is 12.0 Å². The van der Waals surface area contributed by atoms with Crippen LogP contribution in [0, 0.1) is 5.41 Å². The van der Waals surface area contributed by atoms with Crippen LogP contribution in [0.5, 0.6) is 0 Å². The summed E-state index contributed by atoms with van der Waals surface area (Å²) in [5, 5.41) is 0. The third-order valence-corrected chi connectivity index (χ3v) is 6.29. The number of benzene rings is 1. The van der Waals surface area contributed by atoms with E-state index in [0.29, 0.717) is 16.9 Å². The van der Waals surface area contributed by atoms with Gasteiger partial charge in [0, 0.05) is 38.0 Å². The fourth-order valence-electron chi connectivity index (χ4n) is 4.50. The van der Waals surface area contributed by atoms with Crippen molar-refractivity contribution in [3.63, 3.8) is 0 Å². The third-order valence-electron chi connectivity index (χ3n) is 6.29. The first kappa shape index (κ1) is 16.5. The van der Waals surface area contributed by atoms with E-state index >= 15 is 0 Å². The molecule has 0 bridgehead atoms. The molecule has 1 heterocycles. The second-order valence-corrected chi connectivity index (χ2v) is 8.16. The minimum atomic E-state index is 0.218. The normalized spacial score (nSPS) is 27.3. The molecule has 1 aliphatic heterocycles. The van der Waals surface area contributed by atoms with Crippen molar-refractivity contribution in [2.24, 2.45) is 5.41 Å². The Bertz CT molecular complexity index is 560. The zero-order chi connectivity index (χ0) is 16.7. The van der Waals surface area contributed by atoms with E-state index in [1.54, 1.807) is 6.92 Å². The maximum atomic E-state index is 11.5. The highest BCUT2D eigenvalue weighted by atomic mass is 16.2. The SMILES string of the molecule is CC(=O)N1CCC(N(C)C[C@@]2(c3ccccc3)CC2(C)C)CC1. The smallest absolute Gasteiger partial charge is 0.219 e. The molecular formula is C20H30N2O. The Morgan fingerprint density at radius 3 is 2.26 bits per heavy atom. The molecule has 3 rings (SSSR count). The van der Waals surface area contributed by atoms with Crippen LogP contribution in [0.1, 0.15) is 45.6 Å². The Balaban J connectivity index is 1.67. The van der Waals surface area contributed by atoms with Crippen LogP contribution in [0.3, 0.4) is 0 Å². The summed E-state index contributed by atoms with van der Waals surface area (Å²) in [6, 6.07) is 11.6. The number of likely N-dealkylation sites (N-methyl/N-ethyl adjacent to an activating group) is 1. The lowest BCUT2D eigenvalue weighted by Gasteiger charge is -2.38. The van der Waals surface area contributed by atoms with Crippen molar-refractivity contribution in [1.82, 2.24) is 9.80 Å². The Morgan fingerprint density at radius 2 is 1.78 bits per heavy atom. The van der Waals surface area contributed by atoms with Crippen molar-refractivity contribution in [3.05, 3.63) is 35.9 Å². The molecule has 1 atom stereocenters.